The fraction of sp³-hybridized carbons (Fsp3) is 0.250. The van der Waals surface area contributed by atoms with Crippen molar-refractivity contribution in [1.29, 1.82) is 5.41 Å². The number of hydrogen-bond acceptors (Lipinski definition) is 1. The van der Waals surface area contributed by atoms with Crippen molar-refractivity contribution in [3.8, 4) is 0 Å². The third-order valence-electron chi connectivity index (χ3n) is 0.313. The first-order valence-electron chi connectivity index (χ1n) is 1.60. The van der Waals surface area contributed by atoms with Gasteiger partial charge in [0.2, 0.25) is 0 Å². The average Bonchev–Trinajstić information content (AvgIpc) is 1.35. The summed E-state index contributed by atoms with van der Waals surface area (Å²) in [6.07, 6.45) is 3.02. The van der Waals surface area contributed by atoms with Crippen LogP contribution in [0.3, 0.4) is 0 Å². The van der Waals surface area contributed by atoms with Gasteiger partial charge in [-0.2, -0.15) is 0 Å². The Morgan fingerprint density at radius 1 is 1.83 bits per heavy atom. The fourth-order valence-electron chi connectivity index (χ4n) is 0.115. The Kier molecular flexibility index (Phi) is 3.41. The summed E-state index contributed by atoms with van der Waals surface area (Å²) in [5.74, 6) is 0. The number of nitrogens with one attached hydrogen (secondary N) is 1. The molecular formula is C4H6IN. The summed E-state index contributed by atoms with van der Waals surface area (Å²) in [5.41, 5.74) is 0. The Bertz CT molecular complexity index is 71.6. The molecule has 6 heavy (non-hydrogen) atoms. The first-order valence-corrected chi connectivity index (χ1v) is 2.68. The Morgan fingerprint density at radius 2 is 2.33 bits per heavy atom. The second-order valence-corrected chi connectivity index (χ2v) is 2.62. The Balaban J connectivity index is 3.41. The van der Waals surface area contributed by atoms with Crippen LogP contribution in [0.15, 0.2) is 9.66 Å². The molecule has 0 fully saturated rings. The van der Waals surface area contributed by atoms with Gasteiger partial charge in [-0.1, -0.05) is 0 Å². The van der Waals surface area contributed by atoms with Crippen molar-refractivity contribution in [3.63, 3.8) is 0 Å². The summed E-state index contributed by atoms with van der Waals surface area (Å²) < 4.78 is 1.14. The van der Waals surface area contributed by atoms with Crippen molar-refractivity contribution in [2.75, 3.05) is 0 Å². The van der Waals surface area contributed by atoms with Crippen LogP contribution in [0.2, 0.25) is 0 Å². The molecule has 0 saturated carbocycles. The SMILES string of the molecule is C/C(I)=C\C=N. The summed E-state index contributed by atoms with van der Waals surface area (Å²) in [4.78, 5) is 0. The van der Waals surface area contributed by atoms with E-state index < -0.39 is 0 Å². The zero-order valence-electron chi connectivity index (χ0n) is 3.53. The number of rotatable bonds is 1. The van der Waals surface area contributed by atoms with Crippen LogP contribution >= 0.6 is 22.6 Å². The highest BCUT2D eigenvalue weighted by molar-refractivity contribution is 14.1. The molecule has 0 aliphatic rings. The molecule has 0 aliphatic heterocycles. The minimum absolute atomic E-state index is 1.14. The molecule has 0 bridgehead atoms. The molecular weight excluding hydrogens is 189 g/mol. The molecule has 0 aromatic carbocycles. The normalized spacial score (nSPS) is 11.3. The van der Waals surface area contributed by atoms with E-state index in [-0.39, 0.29) is 0 Å². The lowest BCUT2D eigenvalue weighted by atomic mass is 10.6. The third-order valence-corrected chi connectivity index (χ3v) is 0.673. The minimum Gasteiger partial charge on any atom is -0.309 e. The standard InChI is InChI=1S/C4H6IN/c1-4(5)2-3-6/h2-3,6H,1H3/b4-2+,6-3?. The van der Waals surface area contributed by atoms with Crippen LogP contribution in [0.1, 0.15) is 6.92 Å². The number of halogens is 1. The zero-order valence-corrected chi connectivity index (χ0v) is 5.69. The molecule has 2 heteroatoms. The molecule has 0 heterocycles. The Labute approximate surface area is 51.1 Å². The topological polar surface area (TPSA) is 23.9 Å². The molecule has 0 radical (unpaired) electrons. The molecule has 1 nitrogen and oxygen atoms in total. The third kappa shape index (κ3) is 4.14. The summed E-state index contributed by atoms with van der Waals surface area (Å²) in [7, 11) is 0. The van der Waals surface area contributed by atoms with E-state index in [4.69, 9.17) is 5.41 Å². The van der Waals surface area contributed by atoms with Gasteiger partial charge in [-0.05, 0) is 39.2 Å². The average molecular weight is 195 g/mol. The molecule has 0 unspecified atom stereocenters. The van der Waals surface area contributed by atoms with E-state index in [1.54, 1.807) is 6.08 Å². The van der Waals surface area contributed by atoms with E-state index in [0.29, 0.717) is 0 Å². The molecule has 0 rings (SSSR count). The van der Waals surface area contributed by atoms with Crippen molar-refractivity contribution in [1.82, 2.24) is 0 Å². The predicted octanol–water partition coefficient (Wildman–Crippen LogP) is 1.97. The van der Waals surface area contributed by atoms with E-state index in [1.165, 1.54) is 6.21 Å². The number of allylic oxidation sites excluding steroid dienone is 2. The maximum Gasteiger partial charge on any atom is 0.0184 e. The molecule has 0 aromatic rings. The van der Waals surface area contributed by atoms with Crippen molar-refractivity contribution >= 4 is 28.8 Å². The van der Waals surface area contributed by atoms with Gasteiger partial charge < -0.3 is 5.41 Å². The lowest BCUT2D eigenvalue weighted by Crippen LogP contribution is -1.56. The van der Waals surface area contributed by atoms with Crippen LogP contribution in [0, 0.1) is 5.41 Å². The first-order chi connectivity index (χ1) is 2.77. The fourth-order valence-corrected chi connectivity index (χ4v) is 0.295. The highest BCUT2D eigenvalue weighted by Crippen LogP contribution is 1.99. The van der Waals surface area contributed by atoms with E-state index in [9.17, 15) is 0 Å². The molecule has 0 atom stereocenters. The summed E-state index contributed by atoms with van der Waals surface area (Å²) in [5, 5.41) is 6.53. The first kappa shape index (κ1) is 6.14. The van der Waals surface area contributed by atoms with Gasteiger partial charge in [-0.3, -0.25) is 0 Å². The second kappa shape index (κ2) is 3.33. The molecule has 0 amide bonds. The summed E-state index contributed by atoms with van der Waals surface area (Å²) in [6, 6.07) is 0. The predicted molar refractivity (Wildman–Crippen MR) is 36.6 cm³/mol. The van der Waals surface area contributed by atoms with Crippen LogP contribution in [0.4, 0.5) is 0 Å². The van der Waals surface area contributed by atoms with Crippen molar-refractivity contribution < 1.29 is 0 Å². The summed E-state index contributed by atoms with van der Waals surface area (Å²) >= 11 is 2.15. The smallest absolute Gasteiger partial charge is 0.0184 e. The quantitative estimate of drug-likeness (QED) is 0.488. The van der Waals surface area contributed by atoms with Crippen molar-refractivity contribution in [2.45, 2.75) is 6.92 Å². The van der Waals surface area contributed by atoms with Gasteiger partial charge in [0.15, 0.2) is 0 Å². The van der Waals surface area contributed by atoms with E-state index in [1.807, 2.05) is 6.92 Å². The van der Waals surface area contributed by atoms with Crippen LogP contribution in [0.25, 0.3) is 0 Å². The monoisotopic (exact) mass is 195 g/mol. The lowest BCUT2D eigenvalue weighted by Gasteiger charge is -1.72. The highest BCUT2D eigenvalue weighted by Gasteiger charge is 1.67. The van der Waals surface area contributed by atoms with Gasteiger partial charge in [0.05, 0.1) is 0 Å². The second-order valence-electron chi connectivity index (χ2n) is 0.920. The van der Waals surface area contributed by atoms with Crippen molar-refractivity contribution in [2.24, 2.45) is 0 Å². The Morgan fingerprint density at radius 3 is 2.33 bits per heavy atom. The maximum absolute atomic E-state index is 6.53. The van der Waals surface area contributed by atoms with Gasteiger partial charge >= 0.3 is 0 Å². The Hall–Kier alpha value is 0.140. The maximum atomic E-state index is 6.53. The molecule has 1 N–H and O–H groups in total. The van der Waals surface area contributed by atoms with Gasteiger partial charge in [-0.25, -0.2) is 0 Å². The lowest BCUT2D eigenvalue weighted by molar-refractivity contribution is 1.57. The van der Waals surface area contributed by atoms with E-state index in [0.717, 1.165) is 3.58 Å². The largest absolute Gasteiger partial charge is 0.309 e. The van der Waals surface area contributed by atoms with E-state index >= 15 is 0 Å². The van der Waals surface area contributed by atoms with Gasteiger partial charge in [0, 0.05) is 6.21 Å². The molecule has 0 aliphatic carbocycles. The minimum atomic E-state index is 1.14. The summed E-state index contributed by atoms with van der Waals surface area (Å²) in [6.45, 7) is 1.95. The van der Waals surface area contributed by atoms with Crippen LogP contribution in [-0.2, 0) is 0 Å². The van der Waals surface area contributed by atoms with Crippen LogP contribution in [0.5, 0.6) is 0 Å². The molecule has 0 aromatic heterocycles. The van der Waals surface area contributed by atoms with Crippen molar-refractivity contribution in [3.05, 3.63) is 9.66 Å². The number of hydrogen-bond donors (Lipinski definition) is 1. The van der Waals surface area contributed by atoms with E-state index in [2.05, 4.69) is 22.6 Å². The van der Waals surface area contributed by atoms with Gasteiger partial charge in [-0.15, -0.1) is 0 Å². The zero-order chi connectivity index (χ0) is 4.99. The van der Waals surface area contributed by atoms with Crippen LogP contribution < -0.4 is 0 Å². The molecule has 34 valence electrons. The van der Waals surface area contributed by atoms with Crippen LogP contribution in [-0.4, -0.2) is 6.21 Å². The van der Waals surface area contributed by atoms with Gasteiger partial charge in [0.25, 0.3) is 0 Å². The van der Waals surface area contributed by atoms with Gasteiger partial charge in [0.1, 0.15) is 0 Å². The molecule has 0 saturated heterocycles. The highest BCUT2D eigenvalue weighted by atomic mass is 127. The molecule has 0 spiro atoms.